The molecule has 1 saturated carbocycles. The molecule has 30 heavy (non-hydrogen) atoms. The Hall–Kier alpha value is -2.25. The fraction of sp³-hybridized carbons (Fsp3) is 0.609. The van der Waals surface area contributed by atoms with Gasteiger partial charge >= 0.3 is 0 Å². The maximum absolute atomic E-state index is 13.0. The van der Waals surface area contributed by atoms with Crippen molar-refractivity contribution >= 4 is 23.2 Å². The molecule has 1 aromatic rings. The Labute approximate surface area is 177 Å². The molecule has 2 amide bonds. The Morgan fingerprint density at radius 3 is 2.63 bits per heavy atom. The highest BCUT2D eigenvalue weighted by Gasteiger charge is 2.35. The van der Waals surface area contributed by atoms with Gasteiger partial charge in [-0.2, -0.15) is 10.1 Å². The fourth-order valence-corrected chi connectivity index (χ4v) is 4.93. The van der Waals surface area contributed by atoms with E-state index in [4.69, 9.17) is 0 Å². The molecule has 1 unspecified atom stereocenters. The second-order valence-electron chi connectivity index (χ2n) is 8.78. The lowest BCUT2D eigenvalue weighted by molar-refractivity contribution is -0.119. The molecule has 4 rings (SSSR count). The Morgan fingerprint density at radius 1 is 1.17 bits per heavy atom. The summed E-state index contributed by atoms with van der Waals surface area (Å²) in [6.07, 6.45) is 8.08. The first-order valence-corrected chi connectivity index (χ1v) is 11.3. The third kappa shape index (κ3) is 4.90. The Balaban J connectivity index is 1.45. The summed E-state index contributed by atoms with van der Waals surface area (Å²) in [5, 5.41) is 23.0. The van der Waals surface area contributed by atoms with Crippen LogP contribution in [0.5, 0.6) is 0 Å². The van der Waals surface area contributed by atoms with Crippen LogP contribution in [-0.2, 0) is 9.59 Å². The van der Waals surface area contributed by atoms with Crippen LogP contribution >= 0.6 is 0 Å². The highest BCUT2D eigenvalue weighted by Crippen LogP contribution is 2.29. The zero-order valence-corrected chi connectivity index (χ0v) is 17.4. The molecule has 3 aliphatic rings. The van der Waals surface area contributed by atoms with Gasteiger partial charge in [-0.3, -0.25) is 9.59 Å². The van der Waals surface area contributed by atoms with E-state index in [9.17, 15) is 14.7 Å². The van der Waals surface area contributed by atoms with Crippen molar-refractivity contribution in [2.24, 2.45) is 11.0 Å². The van der Waals surface area contributed by atoms with Gasteiger partial charge in [-0.1, -0.05) is 50.3 Å². The van der Waals surface area contributed by atoms with Gasteiger partial charge in [-0.05, 0) is 43.9 Å². The summed E-state index contributed by atoms with van der Waals surface area (Å²) in [5.74, 6) is -0.0408. The minimum Gasteiger partial charge on any atom is -0.389 e. The van der Waals surface area contributed by atoms with Gasteiger partial charge in [0.1, 0.15) is 5.71 Å². The predicted molar refractivity (Wildman–Crippen MR) is 116 cm³/mol. The maximum Gasteiger partial charge on any atom is 0.268 e. The lowest BCUT2D eigenvalue weighted by Crippen LogP contribution is -2.53. The number of hydrazone groups is 1. The lowest BCUT2D eigenvalue weighted by atomic mass is 9.82. The molecule has 0 radical (unpaired) electrons. The number of aliphatic hydroxyl groups excluding tert-OH is 1. The van der Waals surface area contributed by atoms with Crippen LogP contribution in [0.2, 0.25) is 0 Å². The normalized spacial score (nSPS) is 24.6. The fourth-order valence-electron chi connectivity index (χ4n) is 4.93. The number of anilines is 1. The van der Waals surface area contributed by atoms with Gasteiger partial charge in [0.15, 0.2) is 0 Å². The van der Waals surface area contributed by atoms with E-state index in [1.165, 1.54) is 24.3 Å². The van der Waals surface area contributed by atoms with Crippen molar-refractivity contribution in [2.75, 3.05) is 11.6 Å². The van der Waals surface area contributed by atoms with Crippen LogP contribution in [0.1, 0.15) is 57.8 Å². The SMILES string of the molecule is O=C(NC(CC1CCCCC1)[C@H](O)[C@H]1CCCN1)C1=NN(c2ccccc2)C(=O)C1. The van der Waals surface area contributed by atoms with Crippen LogP contribution in [0.4, 0.5) is 5.69 Å². The number of benzene rings is 1. The zero-order valence-electron chi connectivity index (χ0n) is 17.4. The second kappa shape index (κ2) is 9.71. The molecular formula is C23H32N4O3. The Bertz CT molecular complexity index is 770. The molecule has 2 heterocycles. The number of carbonyl (C=O) groups is 2. The zero-order chi connectivity index (χ0) is 20.9. The molecule has 2 fully saturated rings. The molecule has 162 valence electrons. The van der Waals surface area contributed by atoms with E-state index < -0.39 is 6.10 Å². The first kappa shape index (κ1) is 21.0. The van der Waals surface area contributed by atoms with E-state index in [2.05, 4.69) is 15.7 Å². The monoisotopic (exact) mass is 412 g/mol. The van der Waals surface area contributed by atoms with Crippen molar-refractivity contribution < 1.29 is 14.7 Å². The van der Waals surface area contributed by atoms with Crippen LogP contribution < -0.4 is 15.6 Å². The molecule has 7 heteroatoms. The maximum atomic E-state index is 13.0. The first-order valence-electron chi connectivity index (χ1n) is 11.3. The van der Waals surface area contributed by atoms with E-state index >= 15 is 0 Å². The average Bonchev–Trinajstić information content (AvgIpc) is 3.44. The molecular weight excluding hydrogens is 380 g/mol. The Kier molecular flexibility index (Phi) is 6.79. The van der Waals surface area contributed by atoms with E-state index in [0.717, 1.165) is 38.6 Å². The number of nitrogens with zero attached hydrogens (tertiary/aromatic N) is 2. The highest BCUT2D eigenvalue weighted by molar-refractivity contribution is 6.44. The van der Waals surface area contributed by atoms with Gasteiger partial charge in [-0.25, -0.2) is 0 Å². The third-order valence-corrected chi connectivity index (χ3v) is 6.59. The van der Waals surface area contributed by atoms with Crippen molar-refractivity contribution in [1.29, 1.82) is 0 Å². The molecule has 7 nitrogen and oxygen atoms in total. The summed E-state index contributed by atoms with van der Waals surface area (Å²) < 4.78 is 0. The van der Waals surface area contributed by atoms with Crippen molar-refractivity contribution in [1.82, 2.24) is 10.6 Å². The number of aliphatic hydroxyl groups is 1. The summed E-state index contributed by atoms with van der Waals surface area (Å²) in [4.78, 5) is 25.4. The quantitative estimate of drug-likeness (QED) is 0.641. The molecule has 1 saturated heterocycles. The van der Waals surface area contributed by atoms with Crippen molar-refractivity contribution in [2.45, 2.75) is 76.0 Å². The van der Waals surface area contributed by atoms with Crippen molar-refractivity contribution in [3.05, 3.63) is 30.3 Å². The van der Waals surface area contributed by atoms with Crippen LogP contribution in [0.3, 0.4) is 0 Å². The minimum atomic E-state index is -0.638. The summed E-state index contributed by atoms with van der Waals surface area (Å²) in [5.41, 5.74) is 0.864. The first-order chi connectivity index (χ1) is 14.6. The number of hydrogen-bond acceptors (Lipinski definition) is 5. The number of rotatable bonds is 7. The third-order valence-electron chi connectivity index (χ3n) is 6.59. The van der Waals surface area contributed by atoms with E-state index in [1.54, 1.807) is 12.1 Å². The van der Waals surface area contributed by atoms with Gasteiger partial charge in [0.2, 0.25) is 0 Å². The number of para-hydroxylation sites is 1. The van der Waals surface area contributed by atoms with E-state index in [1.807, 2.05) is 18.2 Å². The van der Waals surface area contributed by atoms with E-state index in [-0.39, 0.29) is 36.0 Å². The predicted octanol–water partition coefficient (Wildman–Crippen LogP) is 2.35. The molecule has 1 aromatic carbocycles. The van der Waals surface area contributed by atoms with Crippen LogP contribution in [0.25, 0.3) is 0 Å². The molecule has 1 aliphatic carbocycles. The molecule has 3 atom stereocenters. The molecule has 0 aromatic heterocycles. The van der Waals surface area contributed by atoms with Gasteiger partial charge in [0.05, 0.1) is 24.3 Å². The van der Waals surface area contributed by atoms with Gasteiger partial charge in [-0.15, -0.1) is 0 Å². The number of hydrogen-bond donors (Lipinski definition) is 3. The van der Waals surface area contributed by atoms with Crippen molar-refractivity contribution in [3.8, 4) is 0 Å². The van der Waals surface area contributed by atoms with Gasteiger partial charge < -0.3 is 15.7 Å². The largest absolute Gasteiger partial charge is 0.389 e. The summed E-state index contributed by atoms with van der Waals surface area (Å²) in [7, 11) is 0. The summed E-state index contributed by atoms with van der Waals surface area (Å²) in [6, 6.07) is 8.80. The van der Waals surface area contributed by atoms with E-state index in [0.29, 0.717) is 11.6 Å². The molecule has 3 N–H and O–H groups in total. The number of carbonyl (C=O) groups excluding carboxylic acids is 2. The van der Waals surface area contributed by atoms with Crippen LogP contribution in [-0.4, -0.2) is 47.4 Å². The highest BCUT2D eigenvalue weighted by atomic mass is 16.3. The van der Waals surface area contributed by atoms with Crippen LogP contribution in [0, 0.1) is 5.92 Å². The number of nitrogens with one attached hydrogen (secondary N) is 2. The molecule has 0 bridgehead atoms. The standard InChI is InChI=1S/C23H32N4O3/c28-21-15-20(26-27(21)17-10-5-2-6-11-17)23(30)25-19(14-16-8-3-1-4-9-16)22(29)18-12-7-13-24-18/h2,5-6,10-11,16,18-19,22,24,29H,1,3-4,7-9,12-15H2,(H,25,30)/t18-,19?,22-/m1/s1. The number of amides is 2. The lowest BCUT2D eigenvalue weighted by Gasteiger charge is -2.32. The summed E-state index contributed by atoms with van der Waals surface area (Å²) >= 11 is 0. The summed E-state index contributed by atoms with van der Waals surface area (Å²) in [6.45, 7) is 0.902. The Morgan fingerprint density at radius 2 is 1.93 bits per heavy atom. The minimum absolute atomic E-state index is 0.00635. The average molecular weight is 413 g/mol. The molecule has 2 aliphatic heterocycles. The van der Waals surface area contributed by atoms with Crippen LogP contribution in [0.15, 0.2) is 35.4 Å². The second-order valence-corrected chi connectivity index (χ2v) is 8.78. The topological polar surface area (TPSA) is 94.0 Å². The molecule has 0 spiro atoms. The van der Waals surface area contributed by atoms with Gasteiger partial charge in [0.25, 0.3) is 11.8 Å². The smallest absolute Gasteiger partial charge is 0.268 e. The van der Waals surface area contributed by atoms with Crippen molar-refractivity contribution in [3.63, 3.8) is 0 Å². The van der Waals surface area contributed by atoms with Gasteiger partial charge in [0, 0.05) is 6.04 Å².